The molecular weight excluding hydrogens is 704 g/mol. The summed E-state index contributed by atoms with van der Waals surface area (Å²) in [4.78, 5) is 36.6. The summed E-state index contributed by atoms with van der Waals surface area (Å²) in [6.07, 6.45) is -22.0. The molecule has 0 spiro atoms. The van der Waals surface area contributed by atoms with E-state index in [1.165, 1.54) is 0 Å². The largest absolute Gasteiger partial charge is 0.395 e. The molecule has 4 rings (SSSR count). The molecule has 0 bridgehead atoms. The van der Waals surface area contributed by atoms with Crippen molar-refractivity contribution in [3.05, 3.63) is 0 Å². The molecule has 4 aliphatic rings. The fourth-order valence-corrected chi connectivity index (χ4v) is 7.30. The van der Waals surface area contributed by atoms with Crippen molar-refractivity contribution in [1.29, 1.82) is 0 Å². The topological polar surface area (TPSA) is 348 Å². The van der Waals surface area contributed by atoms with Crippen LogP contribution in [0, 0.1) is 5.92 Å². The predicted molar refractivity (Wildman–Crippen MR) is 168 cm³/mol. The van der Waals surface area contributed by atoms with Gasteiger partial charge in [0.25, 0.3) is 0 Å². The van der Waals surface area contributed by atoms with Crippen LogP contribution in [0.25, 0.3) is 0 Å². The molecule has 4 fully saturated rings. The van der Waals surface area contributed by atoms with E-state index in [1.54, 1.807) is 0 Å². The Labute approximate surface area is 297 Å². The quantitative estimate of drug-likeness (QED) is 0.0879. The molecule has 0 aromatic heterocycles. The second-order valence-electron chi connectivity index (χ2n) is 13.4. The Kier molecular flexibility index (Phi) is 15.0. The zero-order valence-corrected chi connectivity index (χ0v) is 28.7. The molecule has 0 aromatic rings. The van der Waals surface area contributed by atoms with E-state index in [2.05, 4.69) is 21.3 Å². The minimum absolute atomic E-state index is 0.0773. The number of aliphatic hydroxyl groups is 10. The molecule has 4 saturated heterocycles. The van der Waals surface area contributed by atoms with Gasteiger partial charge in [-0.05, 0) is 0 Å². The average Bonchev–Trinajstić information content (AvgIpc) is 3.09. The van der Waals surface area contributed by atoms with E-state index >= 15 is 0 Å². The standard InChI is InChI=1S/C30H52N4O18/c1-9(39)32-18-24(46)26(15(7-37)48-28(18)17-12(5-35)31-4-13(42)21(17)43)51-30-20(34-11(3)41)25(47)27(16(8-38)50-30)52-29-19(33-10(2)40)23(45)22(44)14(6-36)49-29/h12-31,35-38,42-47H,4-8H2,1-3H3,(H,32,39)(H,33,40)(H,34,41)/t12-,13+,14-,15-,16-,17-,18-,19-,20-,21-,22-,23-,24-,25-,26-,27-,28+,29+,30+/m1/s1. The van der Waals surface area contributed by atoms with E-state index in [-0.39, 0.29) is 6.54 Å². The van der Waals surface area contributed by atoms with E-state index in [4.69, 9.17) is 23.7 Å². The van der Waals surface area contributed by atoms with Crippen LogP contribution in [-0.2, 0) is 38.1 Å². The molecule has 0 unspecified atom stereocenters. The molecule has 0 saturated carbocycles. The van der Waals surface area contributed by atoms with Crippen LogP contribution in [0.5, 0.6) is 0 Å². The fourth-order valence-electron chi connectivity index (χ4n) is 7.30. The van der Waals surface area contributed by atoms with Gasteiger partial charge >= 0.3 is 0 Å². The third-order valence-electron chi connectivity index (χ3n) is 9.78. The van der Waals surface area contributed by atoms with Gasteiger partial charge in [0.15, 0.2) is 12.6 Å². The highest BCUT2D eigenvalue weighted by Gasteiger charge is 2.57. The Morgan fingerprint density at radius 2 is 1.04 bits per heavy atom. The van der Waals surface area contributed by atoms with Gasteiger partial charge in [0.05, 0.1) is 50.8 Å². The maximum Gasteiger partial charge on any atom is 0.217 e. The molecule has 22 nitrogen and oxygen atoms in total. The van der Waals surface area contributed by atoms with E-state index < -0.39 is 160 Å². The van der Waals surface area contributed by atoms with Crippen molar-refractivity contribution in [2.75, 3.05) is 33.0 Å². The van der Waals surface area contributed by atoms with Crippen LogP contribution in [-0.4, -0.2) is 212 Å². The first-order chi connectivity index (χ1) is 24.6. The zero-order valence-electron chi connectivity index (χ0n) is 28.7. The van der Waals surface area contributed by atoms with Gasteiger partial charge in [-0.2, -0.15) is 0 Å². The molecule has 19 atom stereocenters. The second-order valence-corrected chi connectivity index (χ2v) is 13.4. The molecule has 0 aliphatic carbocycles. The Bertz CT molecular complexity index is 1200. The highest BCUT2D eigenvalue weighted by molar-refractivity contribution is 5.74. The Morgan fingerprint density at radius 3 is 1.52 bits per heavy atom. The number of aliphatic hydroxyl groups excluding tert-OH is 10. The van der Waals surface area contributed by atoms with Crippen LogP contribution < -0.4 is 21.3 Å². The van der Waals surface area contributed by atoms with Gasteiger partial charge in [0.1, 0.15) is 67.0 Å². The molecule has 52 heavy (non-hydrogen) atoms. The van der Waals surface area contributed by atoms with Crippen LogP contribution in [0.15, 0.2) is 0 Å². The van der Waals surface area contributed by atoms with Crippen molar-refractivity contribution >= 4 is 17.7 Å². The lowest BCUT2D eigenvalue weighted by Crippen LogP contribution is -2.73. The Morgan fingerprint density at radius 1 is 0.596 bits per heavy atom. The molecule has 300 valence electrons. The summed E-state index contributed by atoms with van der Waals surface area (Å²) in [6, 6.07) is -5.27. The lowest BCUT2D eigenvalue weighted by atomic mass is 9.76. The van der Waals surface area contributed by atoms with Crippen molar-refractivity contribution < 1.29 is 89.1 Å². The SMILES string of the molecule is CC(=O)N[C@@H]1[C@@H](O)[C@H](O[C@@H]2O[C@H](CO)[C@@H](O[C@@H]3O[C@H](CO)[C@@H](O)[C@H](O)[C@H]3NC(C)=O)[C@H](O)[C@H]2NC(C)=O)[C@@H](CO)O[C@H]1[C@H]1[C@H](O)[C@@H](O)CN[C@@H]1CO. The maximum atomic E-state index is 12.4. The van der Waals surface area contributed by atoms with Gasteiger partial charge in [0, 0.05) is 39.3 Å². The molecule has 4 aliphatic heterocycles. The summed E-state index contributed by atoms with van der Waals surface area (Å²) < 4.78 is 29.6. The number of hydrogen-bond donors (Lipinski definition) is 14. The summed E-state index contributed by atoms with van der Waals surface area (Å²) in [6.45, 7) is 0.262. The second kappa shape index (κ2) is 18.4. The fraction of sp³-hybridized carbons (Fsp3) is 0.900. The third kappa shape index (κ3) is 9.17. The first-order valence-electron chi connectivity index (χ1n) is 16.9. The summed E-state index contributed by atoms with van der Waals surface area (Å²) >= 11 is 0. The van der Waals surface area contributed by atoms with Crippen molar-refractivity contribution in [3.63, 3.8) is 0 Å². The smallest absolute Gasteiger partial charge is 0.217 e. The third-order valence-corrected chi connectivity index (χ3v) is 9.78. The summed E-state index contributed by atoms with van der Waals surface area (Å²) in [5.74, 6) is -3.15. The number of β-amino-alcohol motifs (C(OH)–C–C–N with tert-alkyl or cyclic N) is 1. The van der Waals surface area contributed by atoms with E-state index in [1.807, 2.05) is 0 Å². The first kappa shape index (κ1) is 42.5. The monoisotopic (exact) mass is 756 g/mol. The van der Waals surface area contributed by atoms with E-state index in [9.17, 15) is 65.4 Å². The molecule has 22 heteroatoms. The number of nitrogens with one attached hydrogen (secondary N) is 4. The van der Waals surface area contributed by atoms with Gasteiger partial charge in [-0.15, -0.1) is 0 Å². The Hall–Kier alpha value is -2.23. The number of carbonyl (C=O) groups excluding carboxylic acids is 3. The number of hydrogen-bond acceptors (Lipinski definition) is 19. The molecular formula is C30H52N4O18. The number of piperidine rings is 1. The van der Waals surface area contributed by atoms with Crippen LogP contribution in [0.4, 0.5) is 0 Å². The van der Waals surface area contributed by atoms with Crippen LogP contribution in [0.3, 0.4) is 0 Å². The number of amides is 3. The Balaban J connectivity index is 1.63. The number of ether oxygens (including phenoxy) is 5. The van der Waals surface area contributed by atoms with Crippen molar-refractivity contribution in [2.24, 2.45) is 5.92 Å². The lowest BCUT2D eigenvalue weighted by Gasteiger charge is -2.52. The summed E-state index contributed by atoms with van der Waals surface area (Å²) in [7, 11) is 0. The van der Waals surface area contributed by atoms with Crippen molar-refractivity contribution in [1.82, 2.24) is 21.3 Å². The minimum atomic E-state index is -1.83. The normalized spacial score (nSPS) is 45.5. The average molecular weight is 757 g/mol. The first-order valence-corrected chi connectivity index (χ1v) is 16.9. The predicted octanol–water partition coefficient (Wildman–Crippen LogP) is -8.79. The van der Waals surface area contributed by atoms with Gasteiger partial charge in [-0.1, -0.05) is 0 Å². The van der Waals surface area contributed by atoms with Crippen LogP contribution >= 0.6 is 0 Å². The maximum absolute atomic E-state index is 12.4. The minimum Gasteiger partial charge on any atom is -0.395 e. The van der Waals surface area contributed by atoms with Gasteiger partial charge in [0.2, 0.25) is 17.7 Å². The van der Waals surface area contributed by atoms with Crippen molar-refractivity contribution in [3.8, 4) is 0 Å². The summed E-state index contributed by atoms with van der Waals surface area (Å²) in [5.41, 5.74) is 0. The molecule has 4 heterocycles. The highest BCUT2D eigenvalue weighted by Crippen LogP contribution is 2.36. The van der Waals surface area contributed by atoms with E-state index in [0.717, 1.165) is 20.8 Å². The molecule has 0 aromatic carbocycles. The van der Waals surface area contributed by atoms with E-state index in [0.29, 0.717) is 0 Å². The summed E-state index contributed by atoms with van der Waals surface area (Å²) in [5, 5.41) is 116. The van der Waals surface area contributed by atoms with Crippen LogP contribution in [0.2, 0.25) is 0 Å². The molecule has 3 amide bonds. The van der Waals surface area contributed by atoms with Crippen LogP contribution in [0.1, 0.15) is 20.8 Å². The van der Waals surface area contributed by atoms with Gasteiger partial charge in [-0.3, -0.25) is 14.4 Å². The number of rotatable bonds is 12. The molecule has 0 radical (unpaired) electrons. The van der Waals surface area contributed by atoms with Crippen molar-refractivity contribution in [2.45, 2.75) is 131 Å². The lowest BCUT2D eigenvalue weighted by molar-refractivity contribution is -0.348. The zero-order chi connectivity index (χ0) is 38.6. The highest BCUT2D eigenvalue weighted by atomic mass is 16.7. The van der Waals surface area contributed by atoms with Gasteiger partial charge < -0.3 is 96.0 Å². The van der Waals surface area contributed by atoms with Gasteiger partial charge in [-0.25, -0.2) is 0 Å². The molecule has 14 N–H and O–H groups in total. The number of carbonyl (C=O) groups is 3.